The molecule has 0 amide bonds. The van der Waals surface area contributed by atoms with Crippen molar-refractivity contribution in [1.29, 1.82) is 5.26 Å². The summed E-state index contributed by atoms with van der Waals surface area (Å²) in [6.07, 6.45) is 0.659. The number of nitriles is 1. The van der Waals surface area contributed by atoms with E-state index in [1.807, 2.05) is 13.0 Å². The molecule has 0 fully saturated rings. The lowest BCUT2D eigenvalue weighted by Gasteiger charge is -1.90. The molecule has 0 aromatic rings. The Morgan fingerprint density at radius 2 is 2.38 bits per heavy atom. The third-order valence-electron chi connectivity index (χ3n) is 0.798. The van der Waals surface area contributed by atoms with Crippen LogP contribution in [0, 0.1) is 11.3 Å². The van der Waals surface area contributed by atoms with Crippen molar-refractivity contribution in [3.8, 4) is 6.07 Å². The Balaban J connectivity index is 4.15. The summed E-state index contributed by atoms with van der Waals surface area (Å²) in [6.45, 7) is 1.86. The lowest BCUT2D eigenvalue weighted by molar-refractivity contribution is 1.13. The van der Waals surface area contributed by atoms with Crippen LogP contribution >= 0.6 is 12.6 Å². The minimum absolute atomic E-state index is 0.329. The molecule has 0 aromatic carbocycles. The molecule has 0 rings (SSSR count). The molecule has 0 saturated carbocycles. The molecule has 0 bridgehead atoms. The average molecular weight is 128 g/mol. The normalized spacial score (nSPS) is 12.1. The first kappa shape index (κ1) is 7.38. The minimum Gasteiger partial charge on any atom is -0.393 e. The summed E-state index contributed by atoms with van der Waals surface area (Å²) < 4.78 is 0. The summed E-state index contributed by atoms with van der Waals surface area (Å²) in [5, 5.41) is 8.59. The molecule has 0 radical (unpaired) electrons. The highest BCUT2D eigenvalue weighted by atomic mass is 32.1. The fourth-order valence-electron chi connectivity index (χ4n) is 0.317. The molecule has 0 saturated heterocycles. The van der Waals surface area contributed by atoms with Gasteiger partial charge >= 0.3 is 0 Å². The minimum atomic E-state index is 0.329. The van der Waals surface area contributed by atoms with E-state index < -0.39 is 0 Å². The predicted octanol–water partition coefficient (Wildman–Crippen LogP) is 1.02. The van der Waals surface area contributed by atoms with Gasteiger partial charge < -0.3 is 5.73 Å². The van der Waals surface area contributed by atoms with Crippen LogP contribution in [0.15, 0.2) is 10.6 Å². The van der Waals surface area contributed by atoms with Crippen LogP contribution in [0.5, 0.6) is 0 Å². The van der Waals surface area contributed by atoms with E-state index in [1.54, 1.807) is 0 Å². The first-order valence-corrected chi connectivity index (χ1v) is 2.74. The zero-order chi connectivity index (χ0) is 6.57. The van der Waals surface area contributed by atoms with Crippen LogP contribution in [-0.2, 0) is 0 Å². The summed E-state index contributed by atoms with van der Waals surface area (Å²) in [6, 6.07) is 1.93. The van der Waals surface area contributed by atoms with E-state index in [1.165, 1.54) is 0 Å². The fraction of sp³-hybridized carbons (Fsp3) is 0.400. The van der Waals surface area contributed by atoms with Gasteiger partial charge in [-0.25, -0.2) is 0 Å². The first-order chi connectivity index (χ1) is 3.72. The molecule has 0 aromatic heterocycles. The van der Waals surface area contributed by atoms with Crippen LogP contribution in [0.3, 0.4) is 0 Å². The van der Waals surface area contributed by atoms with Crippen LogP contribution < -0.4 is 5.73 Å². The van der Waals surface area contributed by atoms with Crippen molar-refractivity contribution >= 4 is 12.6 Å². The molecule has 0 aliphatic carbocycles. The maximum atomic E-state index is 8.26. The van der Waals surface area contributed by atoms with E-state index in [2.05, 4.69) is 12.6 Å². The SMILES string of the molecule is CC/C(C#N)=C(\N)S. The largest absolute Gasteiger partial charge is 0.393 e. The molecular weight excluding hydrogens is 120 g/mol. The third kappa shape index (κ3) is 1.90. The van der Waals surface area contributed by atoms with Gasteiger partial charge in [-0.1, -0.05) is 6.92 Å². The second-order valence-corrected chi connectivity index (χ2v) is 1.81. The van der Waals surface area contributed by atoms with Crippen LogP contribution in [0.25, 0.3) is 0 Å². The molecular formula is C5H8N2S. The Morgan fingerprint density at radius 1 is 1.88 bits per heavy atom. The fourth-order valence-corrected chi connectivity index (χ4v) is 0.526. The molecule has 8 heavy (non-hydrogen) atoms. The summed E-state index contributed by atoms with van der Waals surface area (Å²) >= 11 is 3.79. The van der Waals surface area contributed by atoms with Gasteiger partial charge in [0.15, 0.2) is 0 Å². The summed E-state index contributed by atoms with van der Waals surface area (Å²) in [5.74, 6) is 0. The molecule has 0 spiro atoms. The Kier molecular flexibility index (Phi) is 3.13. The topological polar surface area (TPSA) is 49.8 Å². The average Bonchev–Trinajstić information content (AvgIpc) is 1.69. The van der Waals surface area contributed by atoms with Crippen molar-refractivity contribution in [2.75, 3.05) is 0 Å². The van der Waals surface area contributed by atoms with E-state index in [-0.39, 0.29) is 0 Å². The van der Waals surface area contributed by atoms with Gasteiger partial charge in [-0.2, -0.15) is 5.26 Å². The predicted molar refractivity (Wildman–Crippen MR) is 36.1 cm³/mol. The Bertz CT molecular complexity index is 139. The van der Waals surface area contributed by atoms with Crippen molar-refractivity contribution in [2.45, 2.75) is 13.3 Å². The monoisotopic (exact) mass is 128 g/mol. The highest BCUT2D eigenvalue weighted by molar-refractivity contribution is 7.84. The molecule has 2 nitrogen and oxygen atoms in total. The van der Waals surface area contributed by atoms with Gasteiger partial charge in [-0.3, -0.25) is 0 Å². The molecule has 0 aliphatic heterocycles. The number of hydrogen-bond donors (Lipinski definition) is 2. The van der Waals surface area contributed by atoms with Gasteiger partial charge in [0, 0.05) is 0 Å². The van der Waals surface area contributed by atoms with E-state index in [0.29, 0.717) is 17.0 Å². The van der Waals surface area contributed by atoms with E-state index in [4.69, 9.17) is 11.0 Å². The van der Waals surface area contributed by atoms with Crippen molar-refractivity contribution in [2.24, 2.45) is 5.73 Å². The smallest absolute Gasteiger partial charge is 0.0974 e. The van der Waals surface area contributed by atoms with Gasteiger partial charge in [-0.15, -0.1) is 12.6 Å². The Labute approximate surface area is 54.4 Å². The molecule has 0 atom stereocenters. The van der Waals surface area contributed by atoms with Gasteiger partial charge in [0.1, 0.15) is 0 Å². The summed E-state index contributed by atoms with van der Waals surface area (Å²) in [7, 11) is 0. The molecule has 3 heteroatoms. The Morgan fingerprint density at radius 3 is 2.38 bits per heavy atom. The van der Waals surface area contributed by atoms with E-state index in [0.717, 1.165) is 0 Å². The molecule has 0 aliphatic rings. The van der Waals surface area contributed by atoms with Crippen LogP contribution in [0.4, 0.5) is 0 Å². The number of thiol groups is 1. The molecule has 0 heterocycles. The number of nitrogens with two attached hydrogens (primary N) is 1. The summed E-state index contributed by atoms with van der Waals surface area (Å²) in [5.41, 5.74) is 5.73. The molecule has 0 unspecified atom stereocenters. The second kappa shape index (κ2) is 3.39. The van der Waals surface area contributed by atoms with Crippen LogP contribution in [0.2, 0.25) is 0 Å². The van der Waals surface area contributed by atoms with Crippen molar-refractivity contribution < 1.29 is 0 Å². The quantitative estimate of drug-likeness (QED) is 0.409. The number of allylic oxidation sites excluding steroid dienone is 1. The highest BCUT2D eigenvalue weighted by Gasteiger charge is 1.92. The molecule has 2 N–H and O–H groups in total. The maximum absolute atomic E-state index is 8.26. The number of hydrogen-bond acceptors (Lipinski definition) is 3. The van der Waals surface area contributed by atoms with E-state index in [9.17, 15) is 0 Å². The van der Waals surface area contributed by atoms with Crippen LogP contribution in [0.1, 0.15) is 13.3 Å². The third-order valence-corrected chi connectivity index (χ3v) is 1.07. The van der Waals surface area contributed by atoms with Crippen molar-refractivity contribution in [3.63, 3.8) is 0 Å². The van der Waals surface area contributed by atoms with Crippen LogP contribution in [-0.4, -0.2) is 0 Å². The summed E-state index contributed by atoms with van der Waals surface area (Å²) in [4.78, 5) is 0. The Hall–Kier alpha value is -0.620. The van der Waals surface area contributed by atoms with E-state index >= 15 is 0 Å². The standard InChI is InChI=1S/C5H8N2S/c1-2-4(3-6)5(7)8/h8H,2,7H2,1H3/b5-4-. The molecule has 44 valence electrons. The van der Waals surface area contributed by atoms with Gasteiger partial charge in [-0.05, 0) is 6.42 Å². The highest BCUT2D eigenvalue weighted by Crippen LogP contribution is 2.04. The first-order valence-electron chi connectivity index (χ1n) is 2.30. The lowest BCUT2D eigenvalue weighted by atomic mass is 10.2. The maximum Gasteiger partial charge on any atom is 0.0974 e. The second-order valence-electron chi connectivity index (χ2n) is 1.33. The van der Waals surface area contributed by atoms with Gasteiger partial charge in [0.2, 0.25) is 0 Å². The van der Waals surface area contributed by atoms with Crippen molar-refractivity contribution in [3.05, 3.63) is 10.6 Å². The number of nitrogens with zero attached hydrogens (tertiary/aromatic N) is 1. The van der Waals surface area contributed by atoms with Crippen molar-refractivity contribution in [1.82, 2.24) is 0 Å². The zero-order valence-electron chi connectivity index (χ0n) is 4.68. The number of rotatable bonds is 1. The lowest BCUT2D eigenvalue weighted by Crippen LogP contribution is -1.92. The van der Waals surface area contributed by atoms with Gasteiger partial charge in [0.25, 0.3) is 0 Å². The van der Waals surface area contributed by atoms with Gasteiger partial charge in [0.05, 0.1) is 16.7 Å². The zero-order valence-corrected chi connectivity index (χ0v) is 5.57.